The van der Waals surface area contributed by atoms with Gasteiger partial charge in [-0.05, 0) is 30.7 Å². The van der Waals surface area contributed by atoms with Gasteiger partial charge in [0.15, 0.2) is 5.78 Å². The molecule has 2 rings (SSSR count). The number of nitrogens with two attached hydrogens (primary N) is 1. The van der Waals surface area contributed by atoms with Crippen LogP contribution in [0.2, 0.25) is 0 Å². The molecule has 0 spiro atoms. The highest BCUT2D eigenvalue weighted by Gasteiger charge is 2.15. The first-order valence-corrected chi connectivity index (χ1v) is 6.19. The van der Waals surface area contributed by atoms with Crippen molar-refractivity contribution in [3.63, 3.8) is 0 Å². The van der Waals surface area contributed by atoms with Crippen molar-refractivity contribution in [1.82, 2.24) is 0 Å². The van der Waals surface area contributed by atoms with Gasteiger partial charge in [0.2, 0.25) is 0 Å². The fraction of sp³-hybridized carbons (Fsp3) is 0.188. The summed E-state index contributed by atoms with van der Waals surface area (Å²) >= 11 is 0. The Kier molecular flexibility index (Phi) is 3.94. The summed E-state index contributed by atoms with van der Waals surface area (Å²) in [6.07, 6.45) is 0. The van der Waals surface area contributed by atoms with Gasteiger partial charge in [-0.3, -0.25) is 4.79 Å². The molecule has 0 aliphatic heterocycles. The molecule has 0 saturated heterocycles. The summed E-state index contributed by atoms with van der Waals surface area (Å²) in [5.41, 5.74) is 8.42. The summed E-state index contributed by atoms with van der Waals surface area (Å²) in [6.45, 7) is 1.90. The molecule has 0 aliphatic rings. The van der Waals surface area contributed by atoms with Crippen LogP contribution in [0.3, 0.4) is 0 Å². The van der Waals surface area contributed by atoms with Crippen molar-refractivity contribution in [2.45, 2.75) is 6.92 Å². The van der Waals surface area contributed by atoms with Crippen molar-refractivity contribution < 1.29 is 14.3 Å². The third kappa shape index (κ3) is 2.59. The van der Waals surface area contributed by atoms with Gasteiger partial charge in [-0.25, -0.2) is 0 Å². The molecule has 0 heterocycles. The van der Waals surface area contributed by atoms with Crippen LogP contribution in [0.15, 0.2) is 36.4 Å². The molecule has 4 heteroatoms. The minimum Gasteiger partial charge on any atom is -0.497 e. The molecule has 2 aromatic carbocycles. The molecule has 104 valence electrons. The zero-order chi connectivity index (χ0) is 14.7. The predicted molar refractivity (Wildman–Crippen MR) is 78.6 cm³/mol. The van der Waals surface area contributed by atoms with Crippen molar-refractivity contribution >= 4 is 11.5 Å². The summed E-state index contributed by atoms with van der Waals surface area (Å²) in [5.74, 6) is 0.992. The number of nitrogen functional groups attached to an aromatic ring is 1. The van der Waals surface area contributed by atoms with Gasteiger partial charge in [-0.15, -0.1) is 0 Å². The Morgan fingerprint density at radius 1 is 1.05 bits per heavy atom. The van der Waals surface area contributed by atoms with Gasteiger partial charge in [0.25, 0.3) is 0 Å². The molecule has 0 fully saturated rings. The lowest BCUT2D eigenvalue weighted by Gasteiger charge is -2.10. The molecule has 0 unspecified atom stereocenters. The van der Waals surface area contributed by atoms with Crippen LogP contribution in [0.4, 0.5) is 5.69 Å². The number of hydrogen-bond donors (Lipinski definition) is 1. The number of carbonyl (C=O) groups excluding carboxylic acids is 1. The van der Waals surface area contributed by atoms with Crippen LogP contribution in [0, 0.1) is 6.92 Å². The summed E-state index contributed by atoms with van der Waals surface area (Å²) in [5, 5.41) is 0. The molecular weight excluding hydrogens is 254 g/mol. The number of ketones is 1. The molecular formula is C16H17NO3. The first-order valence-electron chi connectivity index (χ1n) is 6.19. The number of ether oxygens (including phenoxy) is 2. The van der Waals surface area contributed by atoms with Gasteiger partial charge in [-0.1, -0.05) is 12.1 Å². The van der Waals surface area contributed by atoms with E-state index in [1.807, 2.05) is 13.0 Å². The zero-order valence-corrected chi connectivity index (χ0v) is 11.8. The van der Waals surface area contributed by atoms with Gasteiger partial charge in [-0.2, -0.15) is 0 Å². The van der Waals surface area contributed by atoms with E-state index in [2.05, 4.69) is 0 Å². The molecule has 0 amide bonds. The molecule has 20 heavy (non-hydrogen) atoms. The third-order valence-corrected chi connectivity index (χ3v) is 3.19. The van der Waals surface area contributed by atoms with Crippen molar-refractivity contribution in [3.8, 4) is 11.5 Å². The normalized spacial score (nSPS) is 10.2. The lowest BCUT2D eigenvalue weighted by molar-refractivity contribution is 0.103. The number of hydrogen-bond acceptors (Lipinski definition) is 4. The standard InChI is InChI=1S/C16H17NO3/c1-10-4-5-11(8-14(10)17)16(18)13-7-6-12(19-2)9-15(13)20-3/h4-9H,17H2,1-3H3. The lowest BCUT2D eigenvalue weighted by Crippen LogP contribution is -2.05. The Labute approximate surface area is 118 Å². The van der Waals surface area contributed by atoms with Crippen LogP contribution >= 0.6 is 0 Å². The van der Waals surface area contributed by atoms with Gasteiger partial charge in [0.05, 0.1) is 19.8 Å². The smallest absolute Gasteiger partial charge is 0.196 e. The molecule has 0 radical (unpaired) electrons. The Morgan fingerprint density at radius 3 is 2.40 bits per heavy atom. The fourth-order valence-corrected chi connectivity index (χ4v) is 1.92. The molecule has 2 N–H and O–H groups in total. The Bertz CT molecular complexity index is 650. The second-order valence-corrected chi connectivity index (χ2v) is 4.47. The average Bonchev–Trinajstić information content (AvgIpc) is 2.48. The molecule has 0 saturated carbocycles. The van der Waals surface area contributed by atoms with E-state index in [0.29, 0.717) is 28.3 Å². The Balaban J connectivity index is 2.44. The predicted octanol–water partition coefficient (Wildman–Crippen LogP) is 2.83. The SMILES string of the molecule is COc1ccc(C(=O)c2ccc(C)c(N)c2)c(OC)c1. The second-order valence-electron chi connectivity index (χ2n) is 4.47. The first-order chi connectivity index (χ1) is 9.56. The first kappa shape index (κ1) is 13.9. The quantitative estimate of drug-likeness (QED) is 0.686. The Morgan fingerprint density at radius 2 is 1.80 bits per heavy atom. The maximum atomic E-state index is 12.5. The van der Waals surface area contributed by atoms with E-state index in [-0.39, 0.29) is 5.78 Å². The van der Waals surface area contributed by atoms with E-state index >= 15 is 0 Å². The second kappa shape index (κ2) is 5.65. The van der Waals surface area contributed by atoms with Crippen molar-refractivity contribution in [2.75, 3.05) is 20.0 Å². The molecule has 4 nitrogen and oxygen atoms in total. The maximum Gasteiger partial charge on any atom is 0.196 e. The highest BCUT2D eigenvalue weighted by atomic mass is 16.5. The molecule has 2 aromatic rings. The molecule has 0 bridgehead atoms. The van der Waals surface area contributed by atoms with Crippen LogP contribution < -0.4 is 15.2 Å². The van der Waals surface area contributed by atoms with Gasteiger partial charge >= 0.3 is 0 Å². The van der Waals surface area contributed by atoms with Crippen molar-refractivity contribution in [2.24, 2.45) is 0 Å². The number of methoxy groups -OCH3 is 2. The minimum absolute atomic E-state index is 0.129. The van der Waals surface area contributed by atoms with Crippen LogP contribution in [0.25, 0.3) is 0 Å². The van der Waals surface area contributed by atoms with Crippen LogP contribution in [0.5, 0.6) is 11.5 Å². The van der Waals surface area contributed by atoms with Crippen molar-refractivity contribution in [1.29, 1.82) is 0 Å². The largest absolute Gasteiger partial charge is 0.497 e. The Hall–Kier alpha value is -2.49. The molecule has 0 aliphatic carbocycles. The van der Waals surface area contributed by atoms with E-state index in [0.717, 1.165) is 5.56 Å². The van der Waals surface area contributed by atoms with Crippen LogP contribution in [0.1, 0.15) is 21.5 Å². The maximum absolute atomic E-state index is 12.5. The number of aryl methyl sites for hydroxylation is 1. The number of benzene rings is 2. The highest BCUT2D eigenvalue weighted by molar-refractivity contribution is 6.11. The number of rotatable bonds is 4. The average molecular weight is 271 g/mol. The summed E-state index contributed by atoms with van der Waals surface area (Å²) in [4.78, 5) is 12.5. The van der Waals surface area contributed by atoms with E-state index in [4.69, 9.17) is 15.2 Å². The summed E-state index contributed by atoms with van der Waals surface area (Å²) in [6, 6.07) is 10.4. The zero-order valence-electron chi connectivity index (χ0n) is 11.8. The number of carbonyl (C=O) groups is 1. The highest BCUT2D eigenvalue weighted by Crippen LogP contribution is 2.27. The van der Waals surface area contributed by atoms with E-state index in [1.165, 1.54) is 7.11 Å². The fourth-order valence-electron chi connectivity index (χ4n) is 1.92. The van der Waals surface area contributed by atoms with Gasteiger partial charge in [0.1, 0.15) is 11.5 Å². The minimum atomic E-state index is -0.129. The van der Waals surface area contributed by atoms with E-state index in [1.54, 1.807) is 37.4 Å². The topological polar surface area (TPSA) is 61.5 Å². The monoisotopic (exact) mass is 271 g/mol. The van der Waals surface area contributed by atoms with Crippen molar-refractivity contribution in [3.05, 3.63) is 53.1 Å². The van der Waals surface area contributed by atoms with E-state index in [9.17, 15) is 4.79 Å². The van der Waals surface area contributed by atoms with E-state index < -0.39 is 0 Å². The lowest BCUT2D eigenvalue weighted by atomic mass is 10.0. The number of anilines is 1. The molecule has 0 atom stereocenters. The molecule has 0 aromatic heterocycles. The van der Waals surface area contributed by atoms with Crippen LogP contribution in [-0.4, -0.2) is 20.0 Å². The summed E-state index contributed by atoms with van der Waals surface area (Å²) < 4.78 is 10.4. The van der Waals surface area contributed by atoms with Gasteiger partial charge < -0.3 is 15.2 Å². The van der Waals surface area contributed by atoms with Gasteiger partial charge in [0, 0.05) is 17.3 Å². The third-order valence-electron chi connectivity index (χ3n) is 3.19. The summed E-state index contributed by atoms with van der Waals surface area (Å²) in [7, 11) is 3.09. The van der Waals surface area contributed by atoms with Crippen LogP contribution in [-0.2, 0) is 0 Å².